The second-order valence-corrected chi connectivity index (χ2v) is 7.79. The zero-order valence-corrected chi connectivity index (χ0v) is 17.6. The molecule has 1 aliphatic heterocycles. The predicted molar refractivity (Wildman–Crippen MR) is 115 cm³/mol. The van der Waals surface area contributed by atoms with E-state index in [-0.39, 0.29) is 0 Å². The number of imidazole rings is 1. The Balaban J connectivity index is 1.66. The van der Waals surface area contributed by atoms with E-state index in [1.165, 1.54) is 0 Å². The van der Waals surface area contributed by atoms with E-state index < -0.39 is 0 Å². The number of rotatable bonds is 5. The van der Waals surface area contributed by atoms with Crippen LogP contribution in [0.1, 0.15) is 45.5 Å². The summed E-state index contributed by atoms with van der Waals surface area (Å²) in [6.07, 6.45) is 6.73. The SMILES string of the molecule is CCc1nc2cnc(-c3cnc(N4CCC(OC)CC4)nc3N)cc2n1C(C)C. The molecule has 8 nitrogen and oxygen atoms in total. The molecule has 4 heterocycles. The Kier molecular flexibility index (Phi) is 5.36. The molecular weight excluding hydrogens is 366 g/mol. The van der Waals surface area contributed by atoms with Crippen LogP contribution < -0.4 is 10.6 Å². The largest absolute Gasteiger partial charge is 0.383 e. The second kappa shape index (κ2) is 7.94. The van der Waals surface area contributed by atoms with Crippen LogP contribution in [0.4, 0.5) is 11.8 Å². The molecule has 0 aliphatic carbocycles. The molecule has 3 aromatic rings. The van der Waals surface area contributed by atoms with Crippen molar-refractivity contribution in [1.29, 1.82) is 0 Å². The van der Waals surface area contributed by atoms with Crippen molar-refractivity contribution in [3.63, 3.8) is 0 Å². The maximum absolute atomic E-state index is 6.32. The van der Waals surface area contributed by atoms with Gasteiger partial charge in [0.15, 0.2) is 0 Å². The van der Waals surface area contributed by atoms with E-state index in [1.807, 2.05) is 12.3 Å². The van der Waals surface area contributed by atoms with Crippen LogP contribution in [-0.4, -0.2) is 50.8 Å². The maximum Gasteiger partial charge on any atom is 0.227 e. The Morgan fingerprint density at radius 3 is 2.55 bits per heavy atom. The highest BCUT2D eigenvalue weighted by Crippen LogP contribution is 2.29. The second-order valence-electron chi connectivity index (χ2n) is 7.79. The molecule has 29 heavy (non-hydrogen) atoms. The number of nitrogens with two attached hydrogens (primary N) is 1. The summed E-state index contributed by atoms with van der Waals surface area (Å²) in [6, 6.07) is 2.36. The van der Waals surface area contributed by atoms with E-state index in [0.717, 1.165) is 60.5 Å². The summed E-state index contributed by atoms with van der Waals surface area (Å²) in [6.45, 7) is 8.19. The average molecular weight is 396 g/mol. The molecule has 4 rings (SSSR count). The minimum absolute atomic E-state index is 0.316. The third kappa shape index (κ3) is 3.64. The molecule has 2 N–H and O–H groups in total. The molecule has 0 saturated carbocycles. The first-order valence-corrected chi connectivity index (χ1v) is 10.3. The molecule has 0 unspecified atom stereocenters. The lowest BCUT2D eigenvalue weighted by molar-refractivity contribution is 0.0816. The van der Waals surface area contributed by atoms with Gasteiger partial charge in [-0.3, -0.25) is 4.98 Å². The van der Waals surface area contributed by atoms with Gasteiger partial charge in [-0.25, -0.2) is 9.97 Å². The number of nitrogens with zero attached hydrogens (tertiary/aromatic N) is 6. The van der Waals surface area contributed by atoms with Crippen molar-refractivity contribution < 1.29 is 4.74 Å². The molecule has 0 atom stereocenters. The summed E-state index contributed by atoms with van der Waals surface area (Å²) in [7, 11) is 1.77. The van der Waals surface area contributed by atoms with Crippen molar-refractivity contribution in [2.75, 3.05) is 30.8 Å². The van der Waals surface area contributed by atoms with Crippen molar-refractivity contribution >= 4 is 22.8 Å². The molecule has 1 saturated heterocycles. The fraction of sp³-hybridized carbons (Fsp3) is 0.524. The molecular formula is C21H29N7O. The summed E-state index contributed by atoms with van der Waals surface area (Å²) in [5.41, 5.74) is 9.80. The number of aromatic nitrogens is 5. The molecule has 8 heteroatoms. The van der Waals surface area contributed by atoms with Crippen LogP contribution in [0.15, 0.2) is 18.5 Å². The Morgan fingerprint density at radius 2 is 1.93 bits per heavy atom. The number of methoxy groups -OCH3 is 1. The lowest BCUT2D eigenvalue weighted by Crippen LogP contribution is -2.37. The van der Waals surface area contributed by atoms with E-state index in [4.69, 9.17) is 15.5 Å². The molecule has 0 bridgehead atoms. The fourth-order valence-corrected chi connectivity index (χ4v) is 4.05. The Labute approximate surface area is 171 Å². The monoisotopic (exact) mass is 395 g/mol. The normalized spacial score (nSPS) is 15.6. The fourth-order valence-electron chi connectivity index (χ4n) is 4.05. The molecule has 0 aromatic carbocycles. The number of ether oxygens (including phenoxy) is 1. The molecule has 1 aliphatic rings. The van der Waals surface area contributed by atoms with E-state index in [1.54, 1.807) is 13.3 Å². The summed E-state index contributed by atoms with van der Waals surface area (Å²) >= 11 is 0. The quantitative estimate of drug-likeness (QED) is 0.708. The molecule has 0 amide bonds. The number of pyridine rings is 1. The molecule has 0 spiro atoms. The first-order chi connectivity index (χ1) is 14.0. The highest BCUT2D eigenvalue weighted by Gasteiger charge is 2.22. The van der Waals surface area contributed by atoms with E-state index in [9.17, 15) is 0 Å². The number of hydrogen-bond donors (Lipinski definition) is 1. The van der Waals surface area contributed by atoms with Crippen LogP contribution in [0.5, 0.6) is 0 Å². The van der Waals surface area contributed by atoms with Gasteiger partial charge in [-0.1, -0.05) is 6.92 Å². The number of fused-ring (bicyclic) bond motifs is 1. The van der Waals surface area contributed by atoms with Crippen molar-refractivity contribution in [2.45, 2.75) is 52.2 Å². The minimum Gasteiger partial charge on any atom is -0.383 e. The number of piperidine rings is 1. The molecule has 1 fully saturated rings. The van der Waals surface area contributed by atoms with Gasteiger partial charge < -0.3 is 19.9 Å². The first-order valence-electron chi connectivity index (χ1n) is 10.3. The Morgan fingerprint density at radius 1 is 1.17 bits per heavy atom. The third-order valence-corrected chi connectivity index (χ3v) is 5.62. The first kappa shape index (κ1) is 19.6. The zero-order valence-electron chi connectivity index (χ0n) is 17.6. The van der Waals surface area contributed by atoms with E-state index in [2.05, 4.69) is 45.2 Å². The molecule has 154 valence electrons. The van der Waals surface area contributed by atoms with Gasteiger partial charge in [0.05, 0.1) is 29.1 Å². The van der Waals surface area contributed by atoms with Crippen LogP contribution in [-0.2, 0) is 11.2 Å². The van der Waals surface area contributed by atoms with Gasteiger partial charge in [-0.15, -0.1) is 0 Å². The van der Waals surface area contributed by atoms with Crippen LogP contribution in [0, 0.1) is 0 Å². The Hall–Kier alpha value is -2.74. The highest BCUT2D eigenvalue weighted by molar-refractivity contribution is 5.82. The summed E-state index contributed by atoms with van der Waals surface area (Å²) in [5.74, 6) is 2.18. The van der Waals surface area contributed by atoms with Crippen LogP contribution >= 0.6 is 0 Å². The maximum atomic E-state index is 6.32. The van der Waals surface area contributed by atoms with Crippen LogP contribution in [0.2, 0.25) is 0 Å². The zero-order chi connectivity index (χ0) is 20.5. The van der Waals surface area contributed by atoms with E-state index in [0.29, 0.717) is 23.9 Å². The Bertz CT molecular complexity index is 1010. The highest BCUT2D eigenvalue weighted by atomic mass is 16.5. The molecule has 0 radical (unpaired) electrons. The van der Waals surface area contributed by atoms with Crippen molar-refractivity contribution in [2.24, 2.45) is 0 Å². The van der Waals surface area contributed by atoms with Crippen molar-refractivity contribution in [3.05, 3.63) is 24.3 Å². The standard InChI is InChI=1S/C21H29N7O/c1-5-19-25-17-12-23-16(10-18(17)28(19)13(2)3)15-11-24-21(26-20(15)22)27-8-6-14(29-4)7-9-27/h10-14H,5-9H2,1-4H3,(H2,22,24,26). The van der Waals surface area contributed by atoms with Crippen LogP contribution in [0.3, 0.4) is 0 Å². The number of anilines is 2. The van der Waals surface area contributed by atoms with Gasteiger partial charge in [-0.2, -0.15) is 4.98 Å². The lowest BCUT2D eigenvalue weighted by atomic mass is 10.1. The van der Waals surface area contributed by atoms with Gasteiger partial charge in [0.2, 0.25) is 5.95 Å². The van der Waals surface area contributed by atoms with Gasteiger partial charge in [0.25, 0.3) is 0 Å². The summed E-state index contributed by atoms with van der Waals surface area (Å²) in [5, 5.41) is 0. The summed E-state index contributed by atoms with van der Waals surface area (Å²) < 4.78 is 7.70. The number of hydrogen-bond acceptors (Lipinski definition) is 7. The predicted octanol–water partition coefficient (Wildman–Crippen LogP) is 3.23. The van der Waals surface area contributed by atoms with Crippen LogP contribution in [0.25, 0.3) is 22.3 Å². The van der Waals surface area contributed by atoms with Gasteiger partial charge in [0.1, 0.15) is 17.2 Å². The average Bonchev–Trinajstić information content (AvgIpc) is 3.12. The van der Waals surface area contributed by atoms with E-state index >= 15 is 0 Å². The number of nitrogen functional groups attached to an aromatic ring is 1. The lowest BCUT2D eigenvalue weighted by Gasteiger charge is -2.31. The minimum atomic E-state index is 0.316. The van der Waals surface area contributed by atoms with Gasteiger partial charge in [0, 0.05) is 38.9 Å². The van der Waals surface area contributed by atoms with Gasteiger partial charge in [-0.05, 0) is 32.8 Å². The molecule has 3 aromatic heterocycles. The third-order valence-electron chi connectivity index (χ3n) is 5.62. The smallest absolute Gasteiger partial charge is 0.227 e. The topological polar surface area (TPSA) is 95.0 Å². The number of aryl methyl sites for hydroxylation is 1. The summed E-state index contributed by atoms with van der Waals surface area (Å²) in [4.78, 5) is 20.6. The van der Waals surface area contributed by atoms with Crippen molar-refractivity contribution in [1.82, 2.24) is 24.5 Å². The van der Waals surface area contributed by atoms with Crippen molar-refractivity contribution in [3.8, 4) is 11.3 Å². The van der Waals surface area contributed by atoms with Gasteiger partial charge >= 0.3 is 0 Å².